The number of nitrogens with two attached hydrogens (primary N) is 1. The molecule has 0 aliphatic heterocycles. The molecule has 0 fully saturated rings. The van der Waals surface area contributed by atoms with E-state index in [2.05, 4.69) is 9.97 Å². The number of aromatic nitrogens is 2. The Labute approximate surface area is 87.7 Å². The van der Waals surface area contributed by atoms with E-state index < -0.39 is 0 Å². The summed E-state index contributed by atoms with van der Waals surface area (Å²) in [5, 5.41) is 0. The normalized spacial score (nSPS) is 9.93. The van der Waals surface area contributed by atoms with Crippen LogP contribution in [0.3, 0.4) is 0 Å². The Morgan fingerprint density at radius 3 is 2.40 bits per heavy atom. The van der Waals surface area contributed by atoms with Gasteiger partial charge >= 0.3 is 6.01 Å². The molecule has 4 heteroatoms. The molecule has 0 unspecified atom stereocenters. The van der Waals surface area contributed by atoms with E-state index in [1.165, 1.54) is 7.11 Å². The van der Waals surface area contributed by atoms with Crippen LogP contribution in [0.15, 0.2) is 36.7 Å². The summed E-state index contributed by atoms with van der Waals surface area (Å²) in [6, 6.07) is 7.95. The number of hydrogen-bond acceptors (Lipinski definition) is 4. The first-order valence-corrected chi connectivity index (χ1v) is 4.52. The first-order chi connectivity index (χ1) is 7.31. The van der Waals surface area contributed by atoms with Crippen molar-refractivity contribution in [1.82, 2.24) is 9.97 Å². The van der Waals surface area contributed by atoms with Gasteiger partial charge in [-0.15, -0.1) is 0 Å². The molecule has 1 aromatic heterocycles. The lowest BCUT2D eigenvalue weighted by Gasteiger charge is -2.04. The third-order valence-electron chi connectivity index (χ3n) is 2.08. The van der Waals surface area contributed by atoms with Crippen molar-refractivity contribution in [3.8, 4) is 17.1 Å². The van der Waals surface area contributed by atoms with Crippen LogP contribution in [0.25, 0.3) is 11.1 Å². The van der Waals surface area contributed by atoms with Gasteiger partial charge in [0.2, 0.25) is 0 Å². The summed E-state index contributed by atoms with van der Waals surface area (Å²) in [4.78, 5) is 8.05. The van der Waals surface area contributed by atoms with E-state index in [0.29, 0.717) is 11.7 Å². The van der Waals surface area contributed by atoms with Gasteiger partial charge in [0.25, 0.3) is 0 Å². The molecule has 76 valence electrons. The van der Waals surface area contributed by atoms with Gasteiger partial charge in [-0.3, -0.25) is 0 Å². The summed E-state index contributed by atoms with van der Waals surface area (Å²) in [6.45, 7) is 0. The number of para-hydroxylation sites is 1. The highest BCUT2D eigenvalue weighted by Crippen LogP contribution is 2.24. The van der Waals surface area contributed by atoms with Crippen LogP contribution >= 0.6 is 0 Å². The monoisotopic (exact) mass is 201 g/mol. The minimum Gasteiger partial charge on any atom is -0.467 e. The average molecular weight is 201 g/mol. The molecular formula is C11H11N3O. The first kappa shape index (κ1) is 9.45. The molecule has 0 atom stereocenters. The quantitative estimate of drug-likeness (QED) is 0.752. The number of nitrogens with zero attached hydrogens (tertiary/aromatic N) is 2. The van der Waals surface area contributed by atoms with Gasteiger partial charge in [0.05, 0.1) is 7.11 Å². The van der Waals surface area contributed by atoms with Gasteiger partial charge in [-0.2, -0.15) is 0 Å². The second-order valence-electron chi connectivity index (χ2n) is 3.05. The van der Waals surface area contributed by atoms with Gasteiger partial charge in [0.1, 0.15) is 0 Å². The van der Waals surface area contributed by atoms with E-state index in [1.54, 1.807) is 12.4 Å². The summed E-state index contributed by atoms with van der Waals surface area (Å²) in [5.74, 6) is 0. The molecule has 1 aromatic carbocycles. The molecule has 0 aliphatic carbocycles. The van der Waals surface area contributed by atoms with Crippen LogP contribution in [0.1, 0.15) is 0 Å². The Morgan fingerprint density at radius 1 is 1.13 bits per heavy atom. The molecule has 0 amide bonds. The van der Waals surface area contributed by atoms with Crippen LogP contribution in [-0.2, 0) is 0 Å². The van der Waals surface area contributed by atoms with E-state index >= 15 is 0 Å². The van der Waals surface area contributed by atoms with Crippen LogP contribution in [0.2, 0.25) is 0 Å². The van der Waals surface area contributed by atoms with Crippen molar-refractivity contribution in [2.24, 2.45) is 0 Å². The molecule has 15 heavy (non-hydrogen) atoms. The average Bonchev–Trinajstić information content (AvgIpc) is 2.30. The molecule has 2 aromatic rings. The minimum absolute atomic E-state index is 0.355. The van der Waals surface area contributed by atoms with Crippen LogP contribution in [0.5, 0.6) is 6.01 Å². The van der Waals surface area contributed by atoms with Crippen LogP contribution in [0.4, 0.5) is 5.69 Å². The Kier molecular flexibility index (Phi) is 2.49. The highest BCUT2D eigenvalue weighted by Gasteiger charge is 2.02. The zero-order valence-electron chi connectivity index (χ0n) is 8.34. The van der Waals surface area contributed by atoms with Gasteiger partial charge in [-0.05, 0) is 6.07 Å². The summed E-state index contributed by atoms with van der Waals surface area (Å²) in [5.41, 5.74) is 8.36. The van der Waals surface area contributed by atoms with Crippen molar-refractivity contribution in [3.63, 3.8) is 0 Å². The van der Waals surface area contributed by atoms with Crippen LogP contribution in [0, 0.1) is 0 Å². The molecule has 2 rings (SSSR count). The lowest BCUT2D eigenvalue weighted by atomic mass is 10.1. The number of nitrogen functional groups attached to an aromatic ring is 1. The fraction of sp³-hybridized carbons (Fsp3) is 0.0909. The number of hydrogen-bond donors (Lipinski definition) is 1. The molecule has 2 N–H and O–H groups in total. The van der Waals surface area contributed by atoms with Gasteiger partial charge in [-0.1, -0.05) is 18.2 Å². The van der Waals surface area contributed by atoms with Crippen LogP contribution < -0.4 is 10.5 Å². The van der Waals surface area contributed by atoms with Crippen molar-refractivity contribution in [1.29, 1.82) is 0 Å². The molecule has 0 spiro atoms. The Morgan fingerprint density at radius 2 is 1.80 bits per heavy atom. The smallest absolute Gasteiger partial charge is 0.316 e. The zero-order valence-corrected chi connectivity index (χ0v) is 8.34. The molecule has 0 saturated heterocycles. The highest BCUT2D eigenvalue weighted by atomic mass is 16.5. The third kappa shape index (κ3) is 1.88. The van der Waals surface area contributed by atoms with Crippen molar-refractivity contribution in [2.45, 2.75) is 0 Å². The maximum Gasteiger partial charge on any atom is 0.316 e. The predicted molar refractivity (Wildman–Crippen MR) is 58.4 cm³/mol. The highest BCUT2D eigenvalue weighted by molar-refractivity contribution is 5.74. The Bertz CT molecular complexity index is 454. The van der Waals surface area contributed by atoms with E-state index in [0.717, 1.165) is 11.1 Å². The second-order valence-corrected chi connectivity index (χ2v) is 3.05. The second kappa shape index (κ2) is 3.96. The molecule has 0 aliphatic rings. The van der Waals surface area contributed by atoms with Crippen molar-refractivity contribution in [3.05, 3.63) is 36.7 Å². The molecule has 0 radical (unpaired) electrons. The van der Waals surface area contributed by atoms with E-state index in [9.17, 15) is 0 Å². The lowest BCUT2D eigenvalue weighted by molar-refractivity contribution is 0.380. The fourth-order valence-corrected chi connectivity index (χ4v) is 1.32. The molecule has 4 nitrogen and oxygen atoms in total. The summed E-state index contributed by atoms with van der Waals surface area (Å²) >= 11 is 0. The minimum atomic E-state index is 0.355. The third-order valence-corrected chi connectivity index (χ3v) is 2.08. The summed E-state index contributed by atoms with van der Waals surface area (Å²) < 4.78 is 4.88. The predicted octanol–water partition coefficient (Wildman–Crippen LogP) is 1.73. The standard InChI is InChI=1S/C11H11N3O/c1-15-11-13-6-8(7-14-11)9-4-2-3-5-10(9)12/h2-7H,12H2,1H3. The Balaban J connectivity index is 2.42. The zero-order chi connectivity index (χ0) is 10.7. The van der Waals surface area contributed by atoms with Crippen molar-refractivity contribution < 1.29 is 4.74 Å². The molecule has 1 heterocycles. The van der Waals surface area contributed by atoms with Gasteiger partial charge in [0.15, 0.2) is 0 Å². The van der Waals surface area contributed by atoms with Crippen LogP contribution in [-0.4, -0.2) is 17.1 Å². The fourth-order valence-electron chi connectivity index (χ4n) is 1.32. The largest absolute Gasteiger partial charge is 0.467 e. The van der Waals surface area contributed by atoms with Gasteiger partial charge < -0.3 is 10.5 Å². The molecule has 0 bridgehead atoms. The Hall–Kier alpha value is -2.10. The number of ether oxygens (including phenoxy) is 1. The number of anilines is 1. The summed E-state index contributed by atoms with van der Waals surface area (Å²) in [6.07, 6.45) is 3.38. The summed E-state index contributed by atoms with van der Waals surface area (Å²) in [7, 11) is 1.53. The van der Waals surface area contributed by atoms with E-state index in [-0.39, 0.29) is 0 Å². The van der Waals surface area contributed by atoms with E-state index in [1.807, 2.05) is 24.3 Å². The topological polar surface area (TPSA) is 61.0 Å². The lowest BCUT2D eigenvalue weighted by Crippen LogP contribution is -1.93. The maximum absolute atomic E-state index is 5.84. The first-order valence-electron chi connectivity index (χ1n) is 4.52. The maximum atomic E-state index is 5.84. The van der Waals surface area contributed by atoms with Crippen molar-refractivity contribution in [2.75, 3.05) is 12.8 Å². The SMILES string of the molecule is COc1ncc(-c2ccccc2N)cn1. The molecular weight excluding hydrogens is 190 g/mol. The molecule has 0 saturated carbocycles. The number of benzene rings is 1. The number of methoxy groups -OCH3 is 1. The number of rotatable bonds is 2. The van der Waals surface area contributed by atoms with Gasteiger partial charge in [0, 0.05) is 29.2 Å². The van der Waals surface area contributed by atoms with Gasteiger partial charge in [-0.25, -0.2) is 9.97 Å². The van der Waals surface area contributed by atoms with Crippen molar-refractivity contribution >= 4 is 5.69 Å². The van der Waals surface area contributed by atoms with E-state index in [4.69, 9.17) is 10.5 Å².